The first kappa shape index (κ1) is 13.3. The van der Waals surface area contributed by atoms with Gasteiger partial charge in [0.25, 0.3) is 0 Å². The molecule has 0 aromatic rings. The fourth-order valence-corrected chi connectivity index (χ4v) is 3.21. The Balaban J connectivity index is 1.96. The van der Waals surface area contributed by atoms with Crippen molar-refractivity contribution in [1.29, 1.82) is 0 Å². The van der Waals surface area contributed by atoms with Gasteiger partial charge in [-0.3, -0.25) is 4.90 Å². The molecule has 2 aliphatic heterocycles. The van der Waals surface area contributed by atoms with Gasteiger partial charge in [-0.05, 0) is 27.7 Å². The minimum atomic E-state index is -0.0781. The third-order valence-electron chi connectivity index (χ3n) is 3.50. The van der Waals surface area contributed by atoms with E-state index in [0.29, 0.717) is 12.5 Å². The SMILES string of the molecule is CC1(C)CN(CC2COCC2N)CC(C)(C)O1. The van der Waals surface area contributed by atoms with Gasteiger partial charge in [0, 0.05) is 31.6 Å². The number of nitrogens with two attached hydrogens (primary N) is 1. The van der Waals surface area contributed by atoms with Crippen LogP contribution in [-0.4, -0.2) is 55.0 Å². The summed E-state index contributed by atoms with van der Waals surface area (Å²) < 4.78 is 11.5. The molecule has 2 unspecified atom stereocenters. The zero-order chi connectivity index (χ0) is 12.7. The summed E-state index contributed by atoms with van der Waals surface area (Å²) >= 11 is 0. The number of ether oxygens (including phenoxy) is 2. The van der Waals surface area contributed by atoms with E-state index in [1.807, 2.05) is 0 Å². The molecule has 2 aliphatic rings. The number of morpholine rings is 1. The molecule has 0 aromatic carbocycles. The quantitative estimate of drug-likeness (QED) is 0.780. The van der Waals surface area contributed by atoms with E-state index in [2.05, 4.69) is 32.6 Å². The molecule has 17 heavy (non-hydrogen) atoms. The van der Waals surface area contributed by atoms with Crippen LogP contribution in [0.4, 0.5) is 0 Å². The van der Waals surface area contributed by atoms with Gasteiger partial charge in [0.1, 0.15) is 0 Å². The lowest BCUT2D eigenvalue weighted by molar-refractivity contribution is -0.182. The molecule has 2 rings (SSSR count). The lowest BCUT2D eigenvalue weighted by atomic mass is 9.96. The number of hydrogen-bond acceptors (Lipinski definition) is 4. The average Bonchev–Trinajstić information content (AvgIpc) is 2.45. The number of nitrogens with zero attached hydrogens (tertiary/aromatic N) is 1. The van der Waals surface area contributed by atoms with Crippen molar-refractivity contribution in [1.82, 2.24) is 4.90 Å². The van der Waals surface area contributed by atoms with E-state index < -0.39 is 0 Å². The van der Waals surface area contributed by atoms with Crippen molar-refractivity contribution >= 4 is 0 Å². The van der Waals surface area contributed by atoms with Gasteiger partial charge in [-0.15, -0.1) is 0 Å². The van der Waals surface area contributed by atoms with Gasteiger partial charge in [0.15, 0.2) is 0 Å². The summed E-state index contributed by atoms with van der Waals surface area (Å²) in [4.78, 5) is 2.47. The molecule has 4 heteroatoms. The molecule has 2 fully saturated rings. The number of hydrogen-bond donors (Lipinski definition) is 1. The Morgan fingerprint density at radius 2 is 1.71 bits per heavy atom. The Morgan fingerprint density at radius 1 is 1.12 bits per heavy atom. The highest BCUT2D eigenvalue weighted by Gasteiger charge is 2.39. The molecule has 4 nitrogen and oxygen atoms in total. The molecular formula is C13H26N2O2. The average molecular weight is 242 g/mol. The Kier molecular flexibility index (Phi) is 3.51. The highest BCUT2D eigenvalue weighted by Crippen LogP contribution is 2.29. The van der Waals surface area contributed by atoms with Crippen LogP contribution in [0.2, 0.25) is 0 Å². The fraction of sp³-hybridized carbons (Fsp3) is 1.00. The monoisotopic (exact) mass is 242 g/mol. The minimum absolute atomic E-state index is 0.0781. The zero-order valence-electron chi connectivity index (χ0n) is 11.5. The van der Waals surface area contributed by atoms with Gasteiger partial charge in [-0.2, -0.15) is 0 Å². The van der Waals surface area contributed by atoms with Crippen molar-refractivity contribution in [2.24, 2.45) is 11.7 Å². The normalized spacial score (nSPS) is 37.2. The summed E-state index contributed by atoms with van der Waals surface area (Å²) in [5.41, 5.74) is 5.89. The van der Waals surface area contributed by atoms with Crippen LogP contribution in [0, 0.1) is 5.92 Å². The molecule has 2 N–H and O–H groups in total. The first-order chi connectivity index (χ1) is 7.77. The van der Waals surface area contributed by atoms with Crippen LogP contribution in [0.5, 0.6) is 0 Å². The standard InChI is InChI=1S/C13H26N2O2/c1-12(2)8-15(9-13(3,4)17-12)5-10-6-16-7-11(10)14/h10-11H,5-9,14H2,1-4H3. The smallest absolute Gasteiger partial charge is 0.0760 e. The Bertz CT molecular complexity index is 263. The van der Waals surface area contributed by atoms with Gasteiger partial charge >= 0.3 is 0 Å². The molecule has 0 amide bonds. The highest BCUT2D eigenvalue weighted by atomic mass is 16.5. The zero-order valence-corrected chi connectivity index (χ0v) is 11.5. The summed E-state index contributed by atoms with van der Waals surface area (Å²) in [6, 6.07) is 0.198. The largest absolute Gasteiger partial charge is 0.379 e. The highest BCUT2D eigenvalue weighted by molar-refractivity contribution is 4.91. The van der Waals surface area contributed by atoms with E-state index in [4.69, 9.17) is 15.2 Å². The summed E-state index contributed by atoms with van der Waals surface area (Å²) in [7, 11) is 0. The predicted octanol–water partition coefficient (Wildman–Crippen LogP) is 0.850. The van der Waals surface area contributed by atoms with Crippen molar-refractivity contribution in [3.8, 4) is 0 Å². The summed E-state index contributed by atoms with van der Waals surface area (Å²) in [6.45, 7) is 13.1. The van der Waals surface area contributed by atoms with E-state index in [1.165, 1.54) is 0 Å². The molecule has 0 spiro atoms. The van der Waals surface area contributed by atoms with Gasteiger partial charge in [-0.25, -0.2) is 0 Å². The molecule has 2 heterocycles. The predicted molar refractivity (Wildman–Crippen MR) is 68.0 cm³/mol. The molecule has 0 bridgehead atoms. The van der Waals surface area contributed by atoms with Crippen LogP contribution in [-0.2, 0) is 9.47 Å². The van der Waals surface area contributed by atoms with Crippen molar-refractivity contribution in [2.75, 3.05) is 32.8 Å². The maximum atomic E-state index is 6.08. The Labute approximate surface area is 104 Å². The van der Waals surface area contributed by atoms with Crippen LogP contribution in [0.3, 0.4) is 0 Å². The maximum Gasteiger partial charge on any atom is 0.0760 e. The lowest BCUT2D eigenvalue weighted by Gasteiger charge is -2.48. The van der Waals surface area contributed by atoms with E-state index in [9.17, 15) is 0 Å². The van der Waals surface area contributed by atoms with E-state index in [1.54, 1.807) is 0 Å². The lowest BCUT2D eigenvalue weighted by Crippen LogP contribution is -2.58. The second kappa shape index (κ2) is 4.50. The molecule has 0 aliphatic carbocycles. The van der Waals surface area contributed by atoms with Gasteiger partial charge in [0.2, 0.25) is 0 Å². The molecule has 0 radical (unpaired) electrons. The third-order valence-corrected chi connectivity index (χ3v) is 3.50. The van der Waals surface area contributed by atoms with Gasteiger partial charge < -0.3 is 15.2 Å². The van der Waals surface area contributed by atoms with Gasteiger partial charge in [0.05, 0.1) is 24.4 Å². The first-order valence-electron chi connectivity index (χ1n) is 6.53. The van der Waals surface area contributed by atoms with Crippen LogP contribution >= 0.6 is 0 Å². The summed E-state index contributed by atoms with van der Waals surface area (Å²) in [5, 5.41) is 0. The van der Waals surface area contributed by atoms with Crippen molar-refractivity contribution in [3.05, 3.63) is 0 Å². The molecule has 0 aromatic heterocycles. The van der Waals surface area contributed by atoms with Crippen LogP contribution < -0.4 is 5.73 Å². The van der Waals surface area contributed by atoms with Crippen LogP contribution in [0.15, 0.2) is 0 Å². The van der Waals surface area contributed by atoms with Crippen molar-refractivity contribution in [3.63, 3.8) is 0 Å². The topological polar surface area (TPSA) is 47.7 Å². The minimum Gasteiger partial charge on any atom is -0.379 e. The van der Waals surface area contributed by atoms with Gasteiger partial charge in [-0.1, -0.05) is 0 Å². The molecule has 100 valence electrons. The Morgan fingerprint density at radius 3 is 2.18 bits per heavy atom. The molecule has 2 atom stereocenters. The van der Waals surface area contributed by atoms with E-state index >= 15 is 0 Å². The fourth-order valence-electron chi connectivity index (χ4n) is 3.21. The maximum absolute atomic E-state index is 6.08. The van der Waals surface area contributed by atoms with Crippen molar-refractivity contribution in [2.45, 2.75) is 44.9 Å². The van der Waals surface area contributed by atoms with E-state index in [-0.39, 0.29) is 17.2 Å². The van der Waals surface area contributed by atoms with E-state index in [0.717, 1.165) is 26.2 Å². The van der Waals surface area contributed by atoms with Crippen LogP contribution in [0.1, 0.15) is 27.7 Å². The van der Waals surface area contributed by atoms with Crippen molar-refractivity contribution < 1.29 is 9.47 Å². The van der Waals surface area contributed by atoms with Crippen LogP contribution in [0.25, 0.3) is 0 Å². The molecular weight excluding hydrogens is 216 g/mol. The Hall–Kier alpha value is -0.160. The number of rotatable bonds is 2. The summed E-state index contributed by atoms with van der Waals surface area (Å²) in [6.07, 6.45) is 0. The second-order valence-corrected chi connectivity index (χ2v) is 6.75. The molecule has 0 saturated carbocycles. The molecule has 2 saturated heterocycles. The third kappa shape index (κ3) is 3.41. The summed E-state index contributed by atoms with van der Waals surface area (Å²) in [5.74, 6) is 0.472. The first-order valence-corrected chi connectivity index (χ1v) is 6.53. The second-order valence-electron chi connectivity index (χ2n) is 6.75.